The Hall–Kier alpha value is -4.44. The molecule has 0 spiro atoms. The second kappa shape index (κ2) is 12.6. The minimum absolute atomic E-state index is 0.000930. The van der Waals surface area contributed by atoms with Gasteiger partial charge in [-0.1, -0.05) is 66.7 Å². The van der Waals surface area contributed by atoms with Gasteiger partial charge in [-0.3, -0.25) is 0 Å². The molecular formula is C31H26NO9P. The van der Waals surface area contributed by atoms with Crippen LogP contribution in [0.25, 0.3) is 22.2 Å². The minimum atomic E-state index is -4.46. The van der Waals surface area contributed by atoms with Gasteiger partial charge in [-0.25, -0.2) is 19.3 Å². The largest absolute Gasteiger partial charge is 0.585 e. The molecule has 0 saturated carbocycles. The number of hydrogen-bond donors (Lipinski definition) is 0. The molecule has 214 valence electrons. The highest BCUT2D eigenvalue weighted by molar-refractivity contribution is 7.48. The highest BCUT2D eigenvalue weighted by atomic mass is 31.2. The van der Waals surface area contributed by atoms with Gasteiger partial charge in [-0.2, -0.15) is 0 Å². The zero-order valence-corrected chi connectivity index (χ0v) is 23.4. The van der Waals surface area contributed by atoms with Gasteiger partial charge in [0.15, 0.2) is 11.5 Å². The summed E-state index contributed by atoms with van der Waals surface area (Å²) >= 11 is 0. The smallest absolute Gasteiger partial charge is 0.497 e. The summed E-state index contributed by atoms with van der Waals surface area (Å²) in [4.78, 5) is 15.3. The summed E-state index contributed by atoms with van der Waals surface area (Å²) in [5.41, 5.74) is 3.54. The van der Waals surface area contributed by atoms with Gasteiger partial charge in [-0.05, 0) is 35.4 Å². The lowest BCUT2D eigenvalue weighted by molar-refractivity contribution is -0.287. The van der Waals surface area contributed by atoms with E-state index in [1.807, 2.05) is 84.9 Å². The average Bonchev–Trinajstić information content (AvgIpc) is 3.48. The van der Waals surface area contributed by atoms with Crippen molar-refractivity contribution in [3.63, 3.8) is 0 Å². The fourth-order valence-electron chi connectivity index (χ4n) is 4.20. The Labute approximate surface area is 241 Å². The second-order valence-corrected chi connectivity index (χ2v) is 10.6. The van der Waals surface area contributed by atoms with E-state index in [0.717, 1.165) is 16.5 Å². The van der Waals surface area contributed by atoms with Crippen molar-refractivity contribution < 1.29 is 42.4 Å². The maximum Gasteiger partial charge on any atom is 0.585 e. The van der Waals surface area contributed by atoms with Crippen molar-refractivity contribution in [3.8, 4) is 34.3 Å². The molecule has 0 amide bonds. The molecule has 11 heteroatoms. The van der Waals surface area contributed by atoms with Crippen LogP contribution in [0.3, 0.4) is 0 Å². The van der Waals surface area contributed by atoms with Crippen LogP contribution >= 0.6 is 7.82 Å². The third kappa shape index (κ3) is 6.71. The van der Waals surface area contributed by atoms with E-state index < -0.39 is 7.82 Å². The van der Waals surface area contributed by atoms with Crippen LogP contribution in [0.5, 0.6) is 23.0 Å². The predicted molar refractivity (Wildman–Crippen MR) is 153 cm³/mol. The Morgan fingerprint density at radius 3 is 2.00 bits per heavy atom. The zero-order chi connectivity index (χ0) is 28.8. The standard InChI is InChI=1S/C31H26NO9P/c1-34-26-14-25(28-13-12-24-16-30-31(36-21-35-30)18-29(24)32-28)15-27(17-26)39-42(33,40-37-19-22-8-4-2-5-9-22)41-38-20-23-10-6-3-7-11-23/h2-18H,19-21H2,1H3. The summed E-state index contributed by atoms with van der Waals surface area (Å²) in [5, 5.41) is 0.889. The van der Waals surface area contributed by atoms with Crippen molar-refractivity contribution in [2.45, 2.75) is 13.2 Å². The third-order valence-electron chi connectivity index (χ3n) is 6.24. The number of pyridine rings is 1. The molecule has 0 atom stereocenters. The van der Waals surface area contributed by atoms with E-state index in [0.29, 0.717) is 34.0 Å². The van der Waals surface area contributed by atoms with Gasteiger partial charge < -0.3 is 18.7 Å². The van der Waals surface area contributed by atoms with Gasteiger partial charge in [0.25, 0.3) is 0 Å². The lowest BCUT2D eigenvalue weighted by atomic mass is 10.1. The second-order valence-electron chi connectivity index (χ2n) is 9.18. The van der Waals surface area contributed by atoms with E-state index in [4.69, 9.17) is 42.8 Å². The summed E-state index contributed by atoms with van der Waals surface area (Å²) in [6.07, 6.45) is 0. The average molecular weight is 588 g/mol. The number of fused-ring (bicyclic) bond motifs is 2. The number of rotatable bonds is 12. The quantitative estimate of drug-likeness (QED) is 0.0832. The lowest BCUT2D eigenvalue weighted by Gasteiger charge is -2.17. The van der Waals surface area contributed by atoms with E-state index in [1.165, 1.54) is 13.2 Å². The van der Waals surface area contributed by atoms with Gasteiger partial charge >= 0.3 is 7.82 Å². The highest BCUT2D eigenvalue weighted by Gasteiger charge is 2.33. The van der Waals surface area contributed by atoms with Crippen molar-refractivity contribution in [1.29, 1.82) is 0 Å². The summed E-state index contributed by atoms with van der Waals surface area (Å²) in [7, 11) is -2.95. The predicted octanol–water partition coefficient (Wildman–Crippen LogP) is 7.42. The Bertz CT molecular complexity index is 1670. The fraction of sp³-hybridized carbons (Fsp3) is 0.129. The SMILES string of the molecule is COc1cc(OP(=O)(OOCc2ccccc2)OOCc2ccccc2)cc(-c2ccc3cc4c(cc3n2)OCO4)c1. The molecule has 42 heavy (non-hydrogen) atoms. The first-order valence-corrected chi connectivity index (χ1v) is 14.4. The van der Waals surface area contributed by atoms with Crippen LogP contribution in [0.15, 0.2) is 103 Å². The first kappa shape index (κ1) is 27.7. The lowest BCUT2D eigenvalue weighted by Crippen LogP contribution is -2.05. The van der Waals surface area contributed by atoms with Crippen LogP contribution in [-0.4, -0.2) is 18.9 Å². The molecule has 5 aromatic rings. The van der Waals surface area contributed by atoms with E-state index in [9.17, 15) is 4.57 Å². The fourth-order valence-corrected chi connectivity index (χ4v) is 5.02. The molecule has 0 radical (unpaired) electrons. The Balaban J connectivity index is 1.25. The summed E-state index contributed by atoms with van der Waals surface area (Å²) in [6.45, 7) is 0.168. The number of methoxy groups -OCH3 is 1. The molecule has 0 saturated heterocycles. The molecule has 0 N–H and O–H groups in total. The van der Waals surface area contributed by atoms with Gasteiger partial charge in [-0.15, -0.1) is 9.35 Å². The number of benzene rings is 4. The molecule has 0 fully saturated rings. The monoisotopic (exact) mass is 587 g/mol. The Morgan fingerprint density at radius 1 is 0.738 bits per heavy atom. The van der Waals surface area contributed by atoms with Crippen molar-refractivity contribution in [2.75, 3.05) is 13.9 Å². The van der Waals surface area contributed by atoms with Crippen LogP contribution in [0.4, 0.5) is 0 Å². The number of hydrogen-bond acceptors (Lipinski definition) is 10. The van der Waals surface area contributed by atoms with E-state index in [-0.39, 0.29) is 25.8 Å². The van der Waals surface area contributed by atoms with Gasteiger partial charge in [0.1, 0.15) is 24.7 Å². The van der Waals surface area contributed by atoms with Crippen LogP contribution < -0.4 is 18.7 Å². The molecular weight excluding hydrogens is 561 g/mol. The van der Waals surface area contributed by atoms with Gasteiger partial charge in [0, 0.05) is 23.1 Å². The molecule has 10 nitrogen and oxygen atoms in total. The summed E-state index contributed by atoms with van der Waals surface area (Å²) in [6, 6.07) is 30.9. The topological polar surface area (TPSA) is 104 Å². The van der Waals surface area contributed by atoms with Crippen LogP contribution in [0, 0.1) is 0 Å². The maximum absolute atomic E-state index is 13.7. The van der Waals surface area contributed by atoms with Crippen molar-refractivity contribution >= 4 is 18.7 Å². The molecule has 1 aliphatic heterocycles. The molecule has 0 aliphatic carbocycles. The minimum Gasteiger partial charge on any atom is -0.497 e. The Kier molecular flexibility index (Phi) is 8.32. The molecule has 1 aliphatic rings. The molecule has 6 rings (SSSR count). The number of aromatic nitrogens is 1. The molecule has 2 heterocycles. The van der Waals surface area contributed by atoms with E-state index in [1.54, 1.807) is 12.1 Å². The summed E-state index contributed by atoms with van der Waals surface area (Å²) < 4.78 is 46.3. The first-order chi connectivity index (χ1) is 20.6. The van der Waals surface area contributed by atoms with E-state index >= 15 is 0 Å². The van der Waals surface area contributed by atoms with E-state index in [2.05, 4.69) is 0 Å². The van der Waals surface area contributed by atoms with Crippen LogP contribution in [0.1, 0.15) is 11.1 Å². The molecule has 1 aromatic heterocycles. The third-order valence-corrected chi connectivity index (χ3v) is 7.25. The molecule has 0 bridgehead atoms. The first-order valence-electron chi connectivity index (χ1n) is 13.0. The van der Waals surface area contributed by atoms with Crippen LogP contribution in [0.2, 0.25) is 0 Å². The Morgan fingerprint density at radius 2 is 1.36 bits per heavy atom. The summed E-state index contributed by atoms with van der Waals surface area (Å²) in [5.74, 6) is 1.85. The number of ether oxygens (including phenoxy) is 3. The van der Waals surface area contributed by atoms with Gasteiger partial charge in [0.05, 0.1) is 18.3 Å². The zero-order valence-electron chi connectivity index (χ0n) is 22.5. The number of nitrogens with zero attached hydrogens (tertiary/aromatic N) is 1. The van der Waals surface area contributed by atoms with Gasteiger partial charge in [0.2, 0.25) is 6.79 Å². The van der Waals surface area contributed by atoms with Crippen molar-refractivity contribution in [3.05, 3.63) is 114 Å². The van der Waals surface area contributed by atoms with Crippen LogP contribution in [-0.2, 0) is 36.9 Å². The molecule has 0 unspecified atom stereocenters. The normalized spacial score (nSPS) is 12.4. The highest BCUT2D eigenvalue weighted by Crippen LogP contribution is 2.51. The maximum atomic E-state index is 13.7. The van der Waals surface area contributed by atoms with Crippen molar-refractivity contribution in [2.24, 2.45) is 0 Å². The molecule has 4 aromatic carbocycles. The number of phosphoric acid groups is 1. The van der Waals surface area contributed by atoms with Crippen molar-refractivity contribution in [1.82, 2.24) is 4.98 Å².